The molecule has 0 aliphatic heterocycles. The van der Waals surface area contributed by atoms with E-state index in [1.165, 1.54) is 44.3 Å². The lowest BCUT2D eigenvalue weighted by Crippen LogP contribution is -3.00. The largest absolute Gasteiger partial charge is 1.00 e. The second kappa shape index (κ2) is 8.54. The van der Waals surface area contributed by atoms with Crippen molar-refractivity contribution >= 4 is 5.69 Å². The summed E-state index contributed by atoms with van der Waals surface area (Å²) in [5, 5.41) is 0. The molecule has 17 heavy (non-hydrogen) atoms. The van der Waals surface area contributed by atoms with Gasteiger partial charge in [0.1, 0.15) is 5.69 Å². The molecule has 0 atom stereocenters. The third-order valence-electron chi connectivity index (χ3n) is 3.28. The number of halogens is 1. The fraction of sp³-hybridized carbons (Fsp3) is 0.600. The molecule has 0 bridgehead atoms. The molecule has 0 spiro atoms. The van der Waals surface area contributed by atoms with Crippen LogP contribution in [0.2, 0.25) is 0 Å². The third kappa shape index (κ3) is 6.09. The Kier molecular flexibility index (Phi) is 8.28. The highest BCUT2D eigenvalue weighted by atomic mass is 35.5. The molecule has 0 unspecified atom stereocenters. The highest BCUT2D eigenvalue weighted by molar-refractivity contribution is 5.40. The summed E-state index contributed by atoms with van der Waals surface area (Å²) >= 11 is 0. The predicted octanol–water partition coefficient (Wildman–Crippen LogP) is 1.23. The molecule has 0 aromatic heterocycles. The summed E-state index contributed by atoms with van der Waals surface area (Å²) in [5.74, 6) is 0. The lowest BCUT2D eigenvalue weighted by molar-refractivity contribution is -0.00000362. The first-order valence-corrected chi connectivity index (χ1v) is 6.55. The molecular weight excluding hydrogens is 230 g/mol. The average Bonchev–Trinajstić information content (AvgIpc) is 2.30. The van der Waals surface area contributed by atoms with Crippen LogP contribution in [-0.2, 0) is 0 Å². The van der Waals surface area contributed by atoms with Crippen molar-refractivity contribution in [1.29, 1.82) is 0 Å². The van der Waals surface area contributed by atoms with Crippen LogP contribution in [0.5, 0.6) is 0 Å². The van der Waals surface area contributed by atoms with Crippen LogP contribution in [0.4, 0.5) is 5.69 Å². The van der Waals surface area contributed by atoms with E-state index < -0.39 is 0 Å². The quantitative estimate of drug-likeness (QED) is 0.508. The lowest BCUT2D eigenvalue weighted by Gasteiger charge is -2.29. The predicted molar refractivity (Wildman–Crippen MR) is 73.7 cm³/mol. The van der Waals surface area contributed by atoms with Crippen LogP contribution in [0.25, 0.3) is 0 Å². The first-order chi connectivity index (χ1) is 7.67. The van der Waals surface area contributed by atoms with Gasteiger partial charge < -0.3 is 12.4 Å². The fourth-order valence-electron chi connectivity index (χ4n) is 2.07. The van der Waals surface area contributed by atoms with Crippen molar-refractivity contribution in [1.82, 2.24) is 4.48 Å². The Hall–Kier alpha value is -0.530. The van der Waals surface area contributed by atoms with Gasteiger partial charge >= 0.3 is 0 Å². The molecule has 0 saturated carbocycles. The number of benzene rings is 1. The number of para-hydroxylation sites is 1. The third-order valence-corrected chi connectivity index (χ3v) is 3.28. The van der Waals surface area contributed by atoms with Crippen LogP contribution >= 0.6 is 0 Å². The molecule has 0 fully saturated rings. The molecule has 0 saturated heterocycles. The molecule has 98 valence electrons. The Morgan fingerprint density at radius 2 is 1.47 bits per heavy atom. The molecular formula is C15H26ClN. The Bertz CT molecular complexity index is 282. The zero-order valence-electron chi connectivity index (χ0n) is 11.5. The van der Waals surface area contributed by atoms with Crippen molar-refractivity contribution in [2.45, 2.75) is 39.0 Å². The zero-order valence-corrected chi connectivity index (χ0v) is 12.2. The number of unbranched alkanes of at least 4 members (excludes halogenated alkanes) is 4. The maximum absolute atomic E-state index is 2.30. The van der Waals surface area contributed by atoms with Crippen LogP contribution in [0.3, 0.4) is 0 Å². The standard InChI is InChI=1S/C15H26N.ClH/c1-4-5-6-7-11-14-16(2,3)15-12-9-8-10-13-15;/h8-10,12-13H,4-7,11,14H2,1-3H3;1H/q+1;/p-1. The van der Waals surface area contributed by atoms with Gasteiger partial charge in [-0.3, -0.25) is 4.48 Å². The van der Waals surface area contributed by atoms with Crippen LogP contribution in [0.1, 0.15) is 39.0 Å². The van der Waals surface area contributed by atoms with Gasteiger partial charge in [-0.15, -0.1) is 0 Å². The van der Waals surface area contributed by atoms with Crippen molar-refractivity contribution in [3.8, 4) is 0 Å². The molecule has 0 aliphatic carbocycles. The van der Waals surface area contributed by atoms with E-state index in [9.17, 15) is 0 Å². The SMILES string of the molecule is CCCCCCC[N+](C)(C)c1ccccc1.[Cl-]. The van der Waals surface area contributed by atoms with E-state index in [0.29, 0.717) is 0 Å². The van der Waals surface area contributed by atoms with E-state index in [0.717, 1.165) is 4.48 Å². The Morgan fingerprint density at radius 1 is 0.882 bits per heavy atom. The first kappa shape index (κ1) is 16.5. The second-order valence-electron chi connectivity index (χ2n) is 5.16. The number of hydrogen-bond acceptors (Lipinski definition) is 0. The summed E-state index contributed by atoms with van der Waals surface area (Å²) in [6.45, 7) is 3.51. The lowest BCUT2D eigenvalue weighted by atomic mass is 10.1. The number of quaternary nitrogens is 1. The summed E-state index contributed by atoms with van der Waals surface area (Å²) in [6.07, 6.45) is 6.82. The molecule has 1 rings (SSSR count). The van der Waals surface area contributed by atoms with Crippen LogP contribution in [0.15, 0.2) is 30.3 Å². The van der Waals surface area contributed by atoms with Crippen LogP contribution in [0, 0.1) is 0 Å². The molecule has 0 amide bonds. The van der Waals surface area contributed by atoms with Crippen molar-refractivity contribution < 1.29 is 12.4 Å². The summed E-state index contributed by atoms with van der Waals surface area (Å²) < 4.78 is 1.01. The van der Waals surface area contributed by atoms with Gasteiger partial charge in [0, 0.05) is 0 Å². The Labute approximate surface area is 113 Å². The molecule has 2 heteroatoms. The van der Waals surface area contributed by atoms with E-state index in [1.807, 2.05) is 0 Å². The molecule has 0 radical (unpaired) electrons. The minimum Gasteiger partial charge on any atom is -1.00 e. The highest BCUT2D eigenvalue weighted by Gasteiger charge is 2.17. The molecule has 1 aromatic carbocycles. The van der Waals surface area contributed by atoms with Gasteiger partial charge in [0.15, 0.2) is 0 Å². The normalized spacial score (nSPS) is 11.0. The summed E-state index contributed by atoms with van der Waals surface area (Å²) in [6, 6.07) is 10.8. The van der Waals surface area contributed by atoms with Crippen molar-refractivity contribution in [3.63, 3.8) is 0 Å². The second-order valence-corrected chi connectivity index (χ2v) is 5.16. The molecule has 0 heterocycles. The summed E-state index contributed by atoms with van der Waals surface area (Å²) in [7, 11) is 4.60. The summed E-state index contributed by atoms with van der Waals surface area (Å²) in [5.41, 5.74) is 1.41. The van der Waals surface area contributed by atoms with E-state index in [-0.39, 0.29) is 12.4 Å². The van der Waals surface area contributed by atoms with E-state index >= 15 is 0 Å². The summed E-state index contributed by atoms with van der Waals surface area (Å²) in [4.78, 5) is 0. The van der Waals surface area contributed by atoms with Gasteiger partial charge in [0.25, 0.3) is 0 Å². The van der Waals surface area contributed by atoms with Gasteiger partial charge in [-0.1, -0.05) is 44.4 Å². The van der Waals surface area contributed by atoms with Crippen molar-refractivity contribution in [2.24, 2.45) is 0 Å². The maximum atomic E-state index is 2.30. The van der Waals surface area contributed by atoms with Crippen molar-refractivity contribution in [3.05, 3.63) is 30.3 Å². The topological polar surface area (TPSA) is 0 Å². The van der Waals surface area contributed by atoms with Gasteiger partial charge in [-0.25, -0.2) is 0 Å². The first-order valence-electron chi connectivity index (χ1n) is 6.55. The van der Waals surface area contributed by atoms with Crippen molar-refractivity contribution in [2.75, 3.05) is 20.6 Å². The number of nitrogens with zero attached hydrogens (tertiary/aromatic N) is 1. The Morgan fingerprint density at radius 3 is 2.06 bits per heavy atom. The minimum atomic E-state index is 0. The molecule has 0 N–H and O–H groups in total. The van der Waals surface area contributed by atoms with Crippen LogP contribution < -0.4 is 16.9 Å². The number of rotatable bonds is 7. The number of hydrogen-bond donors (Lipinski definition) is 0. The molecule has 1 nitrogen and oxygen atoms in total. The van der Waals surface area contributed by atoms with Gasteiger partial charge in [0.05, 0.1) is 20.6 Å². The van der Waals surface area contributed by atoms with E-state index in [2.05, 4.69) is 51.4 Å². The molecule has 0 aliphatic rings. The van der Waals surface area contributed by atoms with E-state index in [1.54, 1.807) is 0 Å². The monoisotopic (exact) mass is 255 g/mol. The van der Waals surface area contributed by atoms with Gasteiger partial charge in [-0.2, -0.15) is 0 Å². The van der Waals surface area contributed by atoms with E-state index in [4.69, 9.17) is 0 Å². The molecule has 1 aromatic rings. The minimum absolute atomic E-state index is 0. The van der Waals surface area contributed by atoms with Gasteiger partial charge in [0.2, 0.25) is 0 Å². The fourth-order valence-corrected chi connectivity index (χ4v) is 2.07. The maximum Gasteiger partial charge on any atom is 0.132 e. The average molecular weight is 256 g/mol. The zero-order chi connectivity index (χ0) is 11.9. The van der Waals surface area contributed by atoms with Crippen LogP contribution in [-0.4, -0.2) is 20.6 Å². The van der Waals surface area contributed by atoms with Gasteiger partial charge in [-0.05, 0) is 25.0 Å². The smallest absolute Gasteiger partial charge is 0.132 e. The Balaban J connectivity index is 0.00000256. The highest BCUT2D eigenvalue weighted by Crippen LogP contribution is 2.19.